The van der Waals surface area contributed by atoms with Gasteiger partial charge in [0.2, 0.25) is 5.91 Å². The molecule has 0 radical (unpaired) electrons. The molecule has 28 heavy (non-hydrogen) atoms. The molecule has 0 aliphatic carbocycles. The number of carbonyl (C=O) groups is 1. The van der Waals surface area contributed by atoms with Crippen LogP contribution in [-0.2, 0) is 11.2 Å². The SMILES string of the molecule is COc1ccc([C@H](Cc2cc(=O)n3[nH]c(C)cc3n2)NC(=O)C(C)(C)C)cc1. The Labute approximate surface area is 163 Å². The van der Waals surface area contributed by atoms with Gasteiger partial charge in [-0.15, -0.1) is 0 Å². The second-order valence-corrected chi connectivity index (χ2v) is 7.97. The van der Waals surface area contributed by atoms with Crippen LogP contribution in [0.1, 0.15) is 43.8 Å². The number of benzene rings is 1. The Hall–Kier alpha value is -3.09. The number of aromatic nitrogens is 3. The zero-order valence-corrected chi connectivity index (χ0v) is 16.9. The van der Waals surface area contributed by atoms with Gasteiger partial charge in [0, 0.05) is 29.7 Å². The number of amides is 1. The first-order valence-corrected chi connectivity index (χ1v) is 9.20. The molecule has 0 bridgehead atoms. The average molecular weight is 382 g/mol. The lowest BCUT2D eigenvalue weighted by molar-refractivity contribution is -0.129. The van der Waals surface area contributed by atoms with E-state index < -0.39 is 5.41 Å². The van der Waals surface area contributed by atoms with Crippen molar-refractivity contribution in [1.29, 1.82) is 0 Å². The lowest BCUT2D eigenvalue weighted by Crippen LogP contribution is -2.38. The average Bonchev–Trinajstić information content (AvgIpc) is 3.01. The molecular formula is C21H26N4O3. The molecule has 0 aliphatic heterocycles. The lowest BCUT2D eigenvalue weighted by Gasteiger charge is -2.25. The van der Waals surface area contributed by atoms with E-state index in [9.17, 15) is 9.59 Å². The summed E-state index contributed by atoms with van der Waals surface area (Å²) in [5, 5.41) is 6.06. The monoisotopic (exact) mass is 382 g/mol. The molecule has 0 aliphatic rings. The minimum Gasteiger partial charge on any atom is -0.497 e. The van der Waals surface area contributed by atoms with Crippen molar-refractivity contribution < 1.29 is 9.53 Å². The number of hydrogen-bond donors (Lipinski definition) is 2. The quantitative estimate of drug-likeness (QED) is 0.710. The number of fused-ring (bicyclic) bond motifs is 1. The Kier molecular flexibility index (Phi) is 5.27. The van der Waals surface area contributed by atoms with Crippen LogP contribution in [0, 0.1) is 12.3 Å². The second-order valence-electron chi connectivity index (χ2n) is 7.97. The molecule has 2 N–H and O–H groups in total. The topological polar surface area (TPSA) is 88.5 Å². The highest BCUT2D eigenvalue weighted by Gasteiger charge is 2.25. The molecule has 1 aromatic carbocycles. The Morgan fingerprint density at radius 1 is 1.25 bits per heavy atom. The number of nitrogens with zero attached hydrogens (tertiary/aromatic N) is 2. The number of rotatable bonds is 5. The highest BCUT2D eigenvalue weighted by Crippen LogP contribution is 2.23. The van der Waals surface area contributed by atoms with Crippen LogP contribution in [0.15, 0.2) is 41.2 Å². The van der Waals surface area contributed by atoms with Gasteiger partial charge in [-0.3, -0.25) is 14.7 Å². The zero-order chi connectivity index (χ0) is 20.5. The fourth-order valence-corrected chi connectivity index (χ4v) is 2.94. The molecule has 2 heterocycles. The van der Waals surface area contributed by atoms with Gasteiger partial charge >= 0.3 is 0 Å². The highest BCUT2D eigenvalue weighted by atomic mass is 16.5. The first kappa shape index (κ1) is 19.7. The maximum Gasteiger partial charge on any atom is 0.272 e. The molecule has 0 spiro atoms. The van der Waals surface area contributed by atoms with Crippen molar-refractivity contribution in [2.45, 2.75) is 40.2 Å². The normalized spacial score (nSPS) is 12.8. The van der Waals surface area contributed by atoms with Gasteiger partial charge in [0.25, 0.3) is 5.56 Å². The molecule has 0 unspecified atom stereocenters. The molecule has 0 saturated carbocycles. The summed E-state index contributed by atoms with van der Waals surface area (Å²) in [5.74, 6) is 0.675. The number of H-pyrrole nitrogens is 1. The number of carbonyl (C=O) groups excluding carboxylic acids is 1. The summed E-state index contributed by atoms with van der Waals surface area (Å²) >= 11 is 0. The summed E-state index contributed by atoms with van der Waals surface area (Å²) in [6, 6.07) is 10.5. The van der Waals surface area contributed by atoms with Gasteiger partial charge in [-0.1, -0.05) is 32.9 Å². The zero-order valence-electron chi connectivity index (χ0n) is 16.9. The third-order valence-electron chi connectivity index (χ3n) is 4.55. The van der Waals surface area contributed by atoms with E-state index in [1.54, 1.807) is 7.11 Å². The molecular weight excluding hydrogens is 356 g/mol. The van der Waals surface area contributed by atoms with Crippen LogP contribution < -0.4 is 15.6 Å². The third kappa shape index (κ3) is 4.24. The van der Waals surface area contributed by atoms with Crippen LogP contribution in [0.5, 0.6) is 5.75 Å². The first-order valence-electron chi connectivity index (χ1n) is 9.20. The molecule has 3 rings (SSSR count). The largest absolute Gasteiger partial charge is 0.497 e. The van der Waals surface area contributed by atoms with E-state index in [-0.39, 0.29) is 17.5 Å². The molecule has 7 nitrogen and oxygen atoms in total. The number of aromatic amines is 1. The van der Waals surface area contributed by atoms with Gasteiger partial charge in [-0.05, 0) is 24.6 Å². The van der Waals surface area contributed by atoms with Gasteiger partial charge in [-0.25, -0.2) is 9.50 Å². The van der Waals surface area contributed by atoms with Gasteiger partial charge in [-0.2, -0.15) is 0 Å². The predicted octanol–water partition coefficient (Wildman–Crippen LogP) is 2.79. The smallest absolute Gasteiger partial charge is 0.272 e. The van der Waals surface area contributed by atoms with E-state index in [2.05, 4.69) is 15.4 Å². The van der Waals surface area contributed by atoms with Gasteiger partial charge < -0.3 is 10.1 Å². The Bertz CT molecular complexity index is 1040. The van der Waals surface area contributed by atoms with Crippen molar-refractivity contribution in [1.82, 2.24) is 19.9 Å². The maximum atomic E-state index is 12.6. The molecule has 0 fully saturated rings. The van der Waals surface area contributed by atoms with Crippen molar-refractivity contribution in [3.63, 3.8) is 0 Å². The number of nitrogens with one attached hydrogen (secondary N) is 2. The van der Waals surface area contributed by atoms with Crippen LogP contribution in [0.3, 0.4) is 0 Å². The fourth-order valence-electron chi connectivity index (χ4n) is 2.94. The van der Waals surface area contributed by atoms with Gasteiger partial charge in [0.15, 0.2) is 5.65 Å². The maximum absolute atomic E-state index is 12.6. The van der Waals surface area contributed by atoms with Crippen LogP contribution in [0.25, 0.3) is 5.65 Å². The lowest BCUT2D eigenvalue weighted by atomic mass is 9.93. The van der Waals surface area contributed by atoms with E-state index >= 15 is 0 Å². The molecule has 148 valence electrons. The summed E-state index contributed by atoms with van der Waals surface area (Å²) < 4.78 is 6.63. The van der Waals surface area contributed by atoms with Crippen molar-refractivity contribution in [3.8, 4) is 5.75 Å². The third-order valence-corrected chi connectivity index (χ3v) is 4.55. The van der Waals surface area contributed by atoms with Crippen molar-refractivity contribution in [3.05, 3.63) is 63.7 Å². The number of methoxy groups -OCH3 is 1. The van der Waals surface area contributed by atoms with Crippen LogP contribution in [0.2, 0.25) is 0 Å². The summed E-state index contributed by atoms with van der Waals surface area (Å²) in [6.45, 7) is 7.48. The van der Waals surface area contributed by atoms with E-state index in [1.807, 2.05) is 58.0 Å². The molecule has 3 aromatic rings. The fraction of sp³-hybridized carbons (Fsp3) is 0.381. The van der Waals surface area contributed by atoms with Crippen molar-refractivity contribution in [2.75, 3.05) is 7.11 Å². The number of hydrogen-bond acceptors (Lipinski definition) is 4. The number of ether oxygens (including phenoxy) is 1. The second kappa shape index (κ2) is 7.50. The molecule has 1 atom stereocenters. The Morgan fingerprint density at radius 3 is 2.54 bits per heavy atom. The van der Waals surface area contributed by atoms with E-state index in [1.165, 1.54) is 10.6 Å². The van der Waals surface area contributed by atoms with Crippen LogP contribution in [-0.4, -0.2) is 27.6 Å². The van der Waals surface area contributed by atoms with Gasteiger partial charge in [0.05, 0.1) is 18.8 Å². The minimum absolute atomic E-state index is 0.0661. The van der Waals surface area contributed by atoms with Crippen LogP contribution >= 0.6 is 0 Å². The summed E-state index contributed by atoms with van der Waals surface area (Å²) in [6.07, 6.45) is 0.407. The standard InChI is InChI=1S/C21H26N4O3/c1-13-10-18-22-15(12-19(26)25(18)24-13)11-17(23-20(27)21(2,3)4)14-6-8-16(28-5)9-7-14/h6-10,12,17,24H,11H2,1-5H3,(H,23,27)/t17-/m0/s1. The van der Waals surface area contributed by atoms with Gasteiger partial charge in [0.1, 0.15) is 5.75 Å². The molecule has 7 heteroatoms. The van der Waals surface area contributed by atoms with Crippen LogP contribution in [0.4, 0.5) is 0 Å². The Balaban J connectivity index is 1.96. The highest BCUT2D eigenvalue weighted by molar-refractivity contribution is 5.81. The summed E-state index contributed by atoms with van der Waals surface area (Å²) in [5.41, 5.74) is 2.26. The predicted molar refractivity (Wildman–Crippen MR) is 108 cm³/mol. The molecule has 2 aromatic heterocycles. The molecule has 0 saturated heterocycles. The Morgan fingerprint density at radius 2 is 1.93 bits per heavy atom. The van der Waals surface area contributed by atoms with E-state index in [4.69, 9.17) is 4.74 Å². The summed E-state index contributed by atoms with van der Waals surface area (Å²) in [7, 11) is 1.61. The van der Waals surface area contributed by atoms with Crippen molar-refractivity contribution in [2.24, 2.45) is 5.41 Å². The number of aryl methyl sites for hydroxylation is 1. The molecule has 1 amide bonds. The van der Waals surface area contributed by atoms with E-state index in [0.717, 1.165) is 17.0 Å². The first-order chi connectivity index (χ1) is 13.2. The van der Waals surface area contributed by atoms with Crippen molar-refractivity contribution >= 4 is 11.6 Å². The van der Waals surface area contributed by atoms with E-state index in [0.29, 0.717) is 17.8 Å². The minimum atomic E-state index is -0.528. The summed E-state index contributed by atoms with van der Waals surface area (Å²) in [4.78, 5) is 29.6.